The maximum atomic E-state index is 6.32. The van der Waals surface area contributed by atoms with Crippen LogP contribution in [0.4, 0.5) is 0 Å². The zero-order valence-corrected chi connectivity index (χ0v) is 50.8. The van der Waals surface area contributed by atoms with E-state index in [1.54, 1.807) is 0 Å². The van der Waals surface area contributed by atoms with E-state index in [0.29, 0.717) is 58.3 Å². The standard InChI is InChI=1S/C73H90OSe/c1-43(2)60-24-20-25-61(44(3)4)70(60)55-35-51(36-56(39-55)71-62(45(5)6)26-21-27-63(71)46(7)8)53-34-54(42-59(41-53)75-69-33-19-18-32-68(69)74-17)52-37-57(72-64(47(9)10)28-22-29-65(72)48(11)12)40-58(38-52)73-66(49(13)14)30-23-31-67(73)50(15)16/h20-31,34-50,68-69H,18-19,32-33H2,1-17H3/t68-,69-/m1/s1. The first-order chi connectivity index (χ1) is 35.8. The Kier molecular flexibility index (Phi) is 18.1. The van der Waals surface area contributed by atoms with E-state index in [4.69, 9.17) is 4.74 Å². The molecule has 7 aromatic rings. The molecule has 2 atom stereocenters. The van der Waals surface area contributed by atoms with Crippen molar-refractivity contribution in [1.29, 1.82) is 0 Å². The van der Waals surface area contributed by atoms with Gasteiger partial charge >= 0.3 is 465 Å². The van der Waals surface area contributed by atoms with E-state index in [0.717, 1.165) is 6.42 Å². The molecule has 0 spiro atoms. The molecule has 0 bridgehead atoms. The summed E-state index contributed by atoms with van der Waals surface area (Å²) in [6.07, 6.45) is 5.19. The molecule has 0 unspecified atom stereocenters. The van der Waals surface area contributed by atoms with E-state index < -0.39 is 0 Å². The summed E-state index contributed by atoms with van der Waals surface area (Å²) in [6, 6.07) is 51.3. The molecule has 0 radical (unpaired) electrons. The fourth-order valence-corrected chi connectivity index (χ4v) is 15.3. The van der Waals surface area contributed by atoms with Crippen molar-refractivity contribution in [2.75, 3.05) is 7.11 Å². The first-order valence-electron chi connectivity index (χ1n) is 29.0. The fourth-order valence-electron chi connectivity index (χ4n) is 12.3. The maximum absolute atomic E-state index is 6.32. The quantitative estimate of drug-likeness (QED) is 0.0826. The van der Waals surface area contributed by atoms with Crippen LogP contribution in [0.5, 0.6) is 0 Å². The van der Waals surface area contributed by atoms with Gasteiger partial charge < -0.3 is 0 Å². The van der Waals surface area contributed by atoms with Crippen molar-refractivity contribution >= 4 is 19.4 Å². The summed E-state index contributed by atoms with van der Waals surface area (Å²) in [7, 11) is 1.95. The van der Waals surface area contributed by atoms with Crippen LogP contribution in [0.1, 0.15) is 228 Å². The van der Waals surface area contributed by atoms with Crippen LogP contribution in [-0.2, 0) is 4.74 Å². The Balaban J connectivity index is 1.51. The van der Waals surface area contributed by atoms with Crippen LogP contribution < -0.4 is 4.46 Å². The normalized spacial score (nSPS) is 15.3. The van der Waals surface area contributed by atoms with Crippen molar-refractivity contribution in [2.45, 2.75) is 195 Å². The van der Waals surface area contributed by atoms with Gasteiger partial charge in [0.15, 0.2) is 0 Å². The molecule has 0 N–H and O–H groups in total. The second-order valence-electron chi connectivity index (χ2n) is 24.5. The second-order valence-corrected chi connectivity index (χ2v) is 27.3. The predicted molar refractivity (Wildman–Crippen MR) is 330 cm³/mol. The minimum absolute atomic E-state index is 0.195. The van der Waals surface area contributed by atoms with Gasteiger partial charge in [-0.3, -0.25) is 0 Å². The van der Waals surface area contributed by atoms with E-state index in [1.165, 1.54) is 135 Å². The Labute approximate surface area is 461 Å². The first-order valence-corrected chi connectivity index (χ1v) is 30.8. The van der Waals surface area contributed by atoms with Crippen LogP contribution in [0.15, 0.2) is 127 Å². The number of hydrogen-bond donors (Lipinski definition) is 0. The summed E-state index contributed by atoms with van der Waals surface area (Å²) in [5.74, 6) is 2.98. The number of hydrogen-bond acceptors (Lipinski definition) is 1. The molecule has 0 heterocycles. The third-order valence-electron chi connectivity index (χ3n) is 16.3. The molecule has 75 heavy (non-hydrogen) atoms. The van der Waals surface area contributed by atoms with E-state index in [2.05, 4.69) is 238 Å². The molecule has 0 aromatic heterocycles. The molecule has 394 valence electrons. The zero-order chi connectivity index (χ0) is 54.0. The van der Waals surface area contributed by atoms with Gasteiger partial charge in [0.1, 0.15) is 0 Å². The molecule has 1 aliphatic rings. The molecule has 0 saturated heterocycles. The summed E-state index contributed by atoms with van der Waals surface area (Å²) >= 11 is 0.195. The number of rotatable bonds is 17. The van der Waals surface area contributed by atoms with E-state index in [1.807, 2.05) is 7.11 Å². The van der Waals surface area contributed by atoms with Crippen molar-refractivity contribution in [2.24, 2.45) is 0 Å². The van der Waals surface area contributed by atoms with Gasteiger partial charge in [-0.15, -0.1) is 0 Å². The Hall–Kier alpha value is -4.98. The minimum atomic E-state index is 0.195. The van der Waals surface area contributed by atoms with Crippen molar-refractivity contribution in [3.63, 3.8) is 0 Å². The Bertz CT molecular complexity index is 2640. The zero-order valence-electron chi connectivity index (χ0n) is 49.0. The van der Waals surface area contributed by atoms with Crippen molar-refractivity contribution in [3.8, 4) is 66.8 Å². The van der Waals surface area contributed by atoms with Gasteiger partial charge in [-0.1, -0.05) is 0 Å². The van der Waals surface area contributed by atoms with Gasteiger partial charge in [0.2, 0.25) is 0 Å². The predicted octanol–water partition coefficient (Wildman–Crippen LogP) is 21.4. The van der Waals surface area contributed by atoms with E-state index >= 15 is 0 Å². The van der Waals surface area contributed by atoms with Gasteiger partial charge in [-0.05, 0) is 0 Å². The molecule has 1 fully saturated rings. The first kappa shape index (κ1) is 56.2. The van der Waals surface area contributed by atoms with Crippen LogP contribution in [0.2, 0.25) is 4.82 Å². The number of ether oxygens (including phenoxy) is 1. The second kappa shape index (κ2) is 24.1. The van der Waals surface area contributed by atoms with Gasteiger partial charge in [-0.25, -0.2) is 0 Å². The Morgan fingerprint density at radius 3 is 0.800 bits per heavy atom. The van der Waals surface area contributed by atoms with Crippen molar-refractivity contribution < 1.29 is 4.74 Å². The topological polar surface area (TPSA) is 9.23 Å². The molecule has 1 aliphatic carbocycles. The molecule has 1 nitrogen and oxygen atoms in total. The molecular weight excluding hydrogens is 972 g/mol. The molecule has 0 amide bonds. The van der Waals surface area contributed by atoms with Crippen LogP contribution in [0, 0.1) is 0 Å². The van der Waals surface area contributed by atoms with Crippen LogP contribution in [0.25, 0.3) is 66.8 Å². The fraction of sp³-hybridized carbons (Fsp3) is 0.425. The van der Waals surface area contributed by atoms with Gasteiger partial charge in [0.05, 0.1) is 0 Å². The summed E-state index contributed by atoms with van der Waals surface area (Å²) in [4.78, 5) is 0.527. The van der Waals surface area contributed by atoms with Crippen LogP contribution >= 0.6 is 0 Å². The van der Waals surface area contributed by atoms with Gasteiger partial charge in [-0.2, -0.15) is 0 Å². The molecular formula is C73H90OSe. The summed E-state index contributed by atoms with van der Waals surface area (Å²) in [5.41, 5.74) is 27.3. The third-order valence-corrected chi connectivity index (χ3v) is 19.1. The Morgan fingerprint density at radius 2 is 0.547 bits per heavy atom. The monoisotopic (exact) mass is 1060 g/mol. The van der Waals surface area contributed by atoms with Crippen LogP contribution in [-0.4, -0.2) is 28.2 Å². The molecule has 0 aliphatic heterocycles. The third kappa shape index (κ3) is 12.1. The molecule has 8 rings (SSSR count). The summed E-state index contributed by atoms with van der Waals surface area (Å²) in [6.45, 7) is 37.9. The number of benzene rings is 7. The Morgan fingerprint density at radius 1 is 0.320 bits per heavy atom. The summed E-state index contributed by atoms with van der Waals surface area (Å²) < 4.78 is 7.78. The van der Waals surface area contributed by atoms with Crippen molar-refractivity contribution in [3.05, 3.63) is 172 Å². The average Bonchev–Trinajstić information content (AvgIpc) is 3.39. The van der Waals surface area contributed by atoms with E-state index in [9.17, 15) is 0 Å². The molecule has 7 aromatic carbocycles. The molecule has 1 saturated carbocycles. The van der Waals surface area contributed by atoms with Gasteiger partial charge in [0, 0.05) is 0 Å². The van der Waals surface area contributed by atoms with Gasteiger partial charge in [0.25, 0.3) is 0 Å². The summed E-state index contributed by atoms with van der Waals surface area (Å²) in [5, 5.41) is 0. The van der Waals surface area contributed by atoms with Crippen molar-refractivity contribution in [1.82, 2.24) is 0 Å². The van der Waals surface area contributed by atoms with Crippen LogP contribution in [0.3, 0.4) is 0 Å². The molecule has 2 heteroatoms. The van der Waals surface area contributed by atoms with E-state index in [-0.39, 0.29) is 15.0 Å². The number of methoxy groups -OCH3 is 1. The SMILES string of the molecule is CO[C@@H]1CCCC[C@H]1[Se]c1cc(-c2cc(-c3c(C(C)C)cccc3C(C)C)cc(-c3c(C(C)C)cccc3C(C)C)c2)cc(-c2cc(-c3c(C(C)C)cccc3C(C)C)cc(-c3c(C(C)C)cccc3C(C)C)c2)c1. The average molecular weight is 1060 g/mol.